The van der Waals surface area contributed by atoms with Crippen molar-refractivity contribution in [1.82, 2.24) is 10.3 Å². The number of nitrogens with zero attached hydrogens (tertiary/aromatic N) is 1. The lowest BCUT2D eigenvalue weighted by molar-refractivity contribution is -0.114. The molecule has 1 heterocycles. The predicted molar refractivity (Wildman–Crippen MR) is 156 cm³/mol. The average Bonchev–Trinajstić information content (AvgIpc) is 2.92. The number of carbonyl (C=O) groups is 3. The fraction of sp³-hybridized carbons (Fsp3) is 0.103. The van der Waals surface area contributed by atoms with Crippen LogP contribution < -0.4 is 30.7 Å². The molecule has 0 bridgehead atoms. The van der Waals surface area contributed by atoms with Crippen LogP contribution in [0.4, 0.5) is 21.9 Å². The topological polar surface area (TPSA) is 131 Å². The third-order valence-corrected chi connectivity index (χ3v) is 5.37. The number of aromatic nitrogens is 1. The average molecular weight is 562 g/mol. The molecule has 11 heteroatoms. The van der Waals surface area contributed by atoms with E-state index in [-0.39, 0.29) is 24.9 Å². The van der Waals surface area contributed by atoms with Gasteiger partial charge in [0.1, 0.15) is 22.9 Å². The number of hydrogen-bond donors (Lipinski definition) is 4. The van der Waals surface area contributed by atoms with Gasteiger partial charge in [-0.05, 0) is 72.8 Å². The first-order valence-corrected chi connectivity index (χ1v) is 12.1. The summed E-state index contributed by atoms with van der Waals surface area (Å²) < 4.78 is 11.7. The van der Waals surface area contributed by atoms with E-state index in [4.69, 9.17) is 21.1 Å². The molecule has 0 spiro atoms. The van der Waals surface area contributed by atoms with Crippen LogP contribution in [0.2, 0.25) is 5.02 Å². The number of benzene rings is 3. The highest BCUT2D eigenvalue weighted by atomic mass is 35.5. The Labute approximate surface area is 236 Å². The normalized spacial score (nSPS) is 9.97. The summed E-state index contributed by atoms with van der Waals surface area (Å²) in [6.07, 6.45) is 1.48. The van der Waals surface area contributed by atoms with Crippen LogP contribution in [0.25, 0.3) is 0 Å². The highest BCUT2D eigenvalue weighted by molar-refractivity contribution is 6.31. The van der Waals surface area contributed by atoms with Crippen LogP contribution >= 0.6 is 11.6 Å². The first kappa shape index (κ1) is 29.5. The molecule has 0 aliphatic heterocycles. The molecule has 40 heavy (non-hydrogen) atoms. The van der Waals surface area contributed by atoms with Crippen LogP contribution in [0.1, 0.15) is 24.8 Å². The monoisotopic (exact) mass is 561 g/mol. The zero-order valence-corrected chi connectivity index (χ0v) is 21.7. The highest BCUT2D eigenvalue weighted by Gasteiger charge is 2.12. The fourth-order valence-corrected chi connectivity index (χ4v) is 3.55. The van der Waals surface area contributed by atoms with Crippen molar-refractivity contribution in [2.75, 3.05) is 23.0 Å². The molecule has 3 aromatic carbocycles. The molecule has 0 aliphatic rings. The standard InChI is InChI=1S/C28H24ClN5O5.CH4/c1-17(35)32-19-4-10-22(11-5-19)39-26-12-3-18(29)15-24(26)34-28(37)33-20-6-8-21(9-7-20)38-23-13-14-31-25(16-23)27(36)30-2;/h3-16H,1-2H3,(H,30,36)(H,32,35)(H2,33,34,37);1H4. The minimum Gasteiger partial charge on any atom is -0.457 e. The van der Waals surface area contributed by atoms with Gasteiger partial charge in [-0.25, -0.2) is 4.79 Å². The molecular weight excluding hydrogens is 534 g/mol. The molecule has 0 radical (unpaired) electrons. The summed E-state index contributed by atoms with van der Waals surface area (Å²) in [5, 5.41) is 11.1. The molecular formula is C29H28ClN5O5. The second kappa shape index (κ2) is 13.6. The molecule has 1 aromatic heterocycles. The highest BCUT2D eigenvalue weighted by Crippen LogP contribution is 2.33. The van der Waals surface area contributed by atoms with Gasteiger partial charge >= 0.3 is 6.03 Å². The van der Waals surface area contributed by atoms with E-state index in [1.54, 1.807) is 72.8 Å². The lowest BCUT2D eigenvalue weighted by Gasteiger charge is -2.14. The number of ether oxygens (including phenoxy) is 2. The van der Waals surface area contributed by atoms with Gasteiger partial charge in [0, 0.05) is 42.6 Å². The number of pyridine rings is 1. The van der Waals surface area contributed by atoms with Gasteiger partial charge in [-0.3, -0.25) is 14.6 Å². The Hall–Kier alpha value is -5.09. The van der Waals surface area contributed by atoms with Crippen LogP contribution in [0.15, 0.2) is 85.1 Å². The quantitative estimate of drug-likeness (QED) is 0.185. The summed E-state index contributed by atoms with van der Waals surface area (Å²) in [7, 11) is 1.52. The maximum atomic E-state index is 12.7. The van der Waals surface area contributed by atoms with E-state index in [1.807, 2.05) is 0 Å². The van der Waals surface area contributed by atoms with Gasteiger partial charge in [0.2, 0.25) is 5.91 Å². The molecule has 0 saturated carbocycles. The Morgan fingerprint density at radius 2 is 1.38 bits per heavy atom. The van der Waals surface area contributed by atoms with Crippen molar-refractivity contribution in [3.8, 4) is 23.0 Å². The van der Waals surface area contributed by atoms with E-state index >= 15 is 0 Å². The summed E-state index contributed by atoms with van der Waals surface area (Å²) in [5.41, 5.74) is 1.74. The maximum Gasteiger partial charge on any atom is 0.323 e. The van der Waals surface area contributed by atoms with Gasteiger partial charge in [-0.1, -0.05) is 19.0 Å². The van der Waals surface area contributed by atoms with Gasteiger partial charge in [-0.15, -0.1) is 0 Å². The van der Waals surface area contributed by atoms with Crippen molar-refractivity contribution in [1.29, 1.82) is 0 Å². The van der Waals surface area contributed by atoms with Crippen molar-refractivity contribution in [2.24, 2.45) is 0 Å². The molecule has 10 nitrogen and oxygen atoms in total. The molecule has 206 valence electrons. The summed E-state index contributed by atoms with van der Waals surface area (Å²) in [6, 6.07) is 21.0. The lowest BCUT2D eigenvalue weighted by Crippen LogP contribution is -2.19. The molecule has 4 amide bonds. The largest absolute Gasteiger partial charge is 0.457 e. The van der Waals surface area contributed by atoms with Crippen LogP contribution in [-0.2, 0) is 4.79 Å². The van der Waals surface area contributed by atoms with Crippen molar-refractivity contribution < 1.29 is 23.9 Å². The Morgan fingerprint density at radius 3 is 2.00 bits per heavy atom. The second-order valence-electron chi connectivity index (χ2n) is 8.11. The molecule has 4 aromatic rings. The maximum absolute atomic E-state index is 12.7. The van der Waals surface area contributed by atoms with E-state index < -0.39 is 6.03 Å². The van der Waals surface area contributed by atoms with E-state index in [0.29, 0.717) is 45.1 Å². The van der Waals surface area contributed by atoms with E-state index in [2.05, 4.69) is 26.3 Å². The van der Waals surface area contributed by atoms with E-state index in [0.717, 1.165) is 0 Å². The summed E-state index contributed by atoms with van der Waals surface area (Å²) >= 11 is 6.14. The van der Waals surface area contributed by atoms with Gasteiger partial charge in [0.05, 0.1) is 5.69 Å². The number of rotatable bonds is 8. The SMILES string of the molecule is C.CNC(=O)c1cc(Oc2ccc(NC(=O)Nc3cc(Cl)ccc3Oc3ccc(NC(C)=O)cc3)cc2)ccn1. The Balaban J connectivity index is 0.00000441. The zero-order valence-electron chi connectivity index (χ0n) is 20.9. The predicted octanol–water partition coefficient (Wildman–Crippen LogP) is 6.92. The van der Waals surface area contributed by atoms with Crippen molar-refractivity contribution in [3.63, 3.8) is 0 Å². The smallest absolute Gasteiger partial charge is 0.323 e. The molecule has 0 atom stereocenters. The van der Waals surface area contributed by atoms with Gasteiger partial charge < -0.3 is 30.7 Å². The second-order valence-corrected chi connectivity index (χ2v) is 8.55. The number of hydrogen-bond acceptors (Lipinski definition) is 6. The third kappa shape index (κ3) is 8.20. The number of amides is 4. The fourth-order valence-electron chi connectivity index (χ4n) is 3.38. The number of anilines is 3. The molecule has 4 rings (SSSR count). The first-order valence-electron chi connectivity index (χ1n) is 11.7. The minimum absolute atomic E-state index is 0. The molecule has 0 fully saturated rings. The summed E-state index contributed by atoms with van der Waals surface area (Å²) in [5.74, 6) is 1.33. The van der Waals surface area contributed by atoms with Gasteiger partial charge in [0.15, 0.2) is 5.75 Å². The van der Waals surface area contributed by atoms with Gasteiger partial charge in [0.25, 0.3) is 5.91 Å². The summed E-state index contributed by atoms with van der Waals surface area (Å²) in [6.45, 7) is 1.43. The zero-order chi connectivity index (χ0) is 27.8. The minimum atomic E-state index is -0.513. The number of nitrogens with one attached hydrogen (secondary N) is 4. The third-order valence-electron chi connectivity index (χ3n) is 5.13. The Morgan fingerprint density at radius 1 is 0.750 bits per heavy atom. The Bertz CT molecular complexity index is 1490. The summed E-state index contributed by atoms with van der Waals surface area (Å²) in [4.78, 5) is 39.7. The van der Waals surface area contributed by atoms with E-state index in [9.17, 15) is 14.4 Å². The molecule has 0 saturated heterocycles. The number of halogens is 1. The lowest BCUT2D eigenvalue weighted by atomic mass is 10.2. The van der Waals surface area contributed by atoms with Crippen LogP contribution in [-0.4, -0.2) is 29.9 Å². The first-order chi connectivity index (χ1) is 18.8. The van der Waals surface area contributed by atoms with Crippen LogP contribution in [0, 0.1) is 0 Å². The van der Waals surface area contributed by atoms with Crippen molar-refractivity contribution in [3.05, 3.63) is 95.8 Å². The van der Waals surface area contributed by atoms with Crippen molar-refractivity contribution >= 4 is 46.5 Å². The molecule has 0 aliphatic carbocycles. The molecule has 4 N–H and O–H groups in total. The Kier molecular flexibility index (Phi) is 10.0. The number of carbonyl (C=O) groups excluding carboxylic acids is 3. The number of urea groups is 1. The van der Waals surface area contributed by atoms with Crippen LogP contribution in [0.3, 0.4) is 0 Å². The van der Waals surface area contributed by atoms with Gasteiger partial charge in [-0.2, -0.15) is 0 Å². The molecule has 0 unspecified atom stereocenters. The van der Waals surface area contributed by atoms with Crippen molar-refractivity contribution in [2.45, 2.75) is 14.4 Å². The van der Waals surface area contributed by atoms with E-state index in [1.165, 1.54) is 26.2 Å². The van der Waals surface area contributed by atoms with Crippen LogP contribution in [0.5, 0.6) is 23.0 Å².